The lowest BCUT2D eigenvalue weighted by atomic mass is 10.2. The van der Waals surface area contributed by atoms with Crippen LogP contribution in [0.2, 0.25) is 5.02 Å². The average Bonchev–Trinajstić information content (AvgIpc) is 2.53. The van der Waals surface area contributed by atoms with Gasteiger partial charge in [-0.25, -0.2) is 4.79 Å². The topological polar surface area (TPSA) is 55.8 Å². The predicted molar refractivity (Wildman–Crippen MR) is 85.4 cm³/mol. The second-order valence-electron chi connectivity index (χ2n) is 4.47. The molecule has 2 aromatic rings. The van der Waals surface area contributed by atoms with Gasteiger partial charge in [0.25, 0.3) is 0 Å². The molecule has 2 rings (SSSR count). The van der Waals surface area contributed by atoms with Crippen molar-refractivity contribution >= 4 is 23.6 Å². The third-order valence-corrected chi connectivity index (χ3v) is 3.25. The standard InChI is InChI=1S/C17H15ClO4/c1-21-15-10-14(18)13(7-8-17(19)20)9-16(15)22-11-12-5-3-2-4-6-12/h2-10H,11H2,1H3,(H,19,20). The highest BCUT2D eigenvalue weighted by Crippen LogP contribution is 2.34. The molecule has 0 heterocycles. The van der Waals surface area contributed by atoms with E-state index in [9.17, 15) is 4.79 Å². The summed E-state index contributed by atoms with van der Waals surface area (Å²) in [5, 5.41) is 9.09. The van der Waals surface area contributed by atoms with Gasteiger partial charge in [-0.1, -0.05) is 41.9 Å². The van der Waals surface area contributed by atoms with Gasteiger partial charge in [-0.3, -0.25) is 0 Å². The maximum absolute atomic E-state index is 10.6. The van der Waals surface area contributed by atoms with Crippen molar-refractivity contribution in [3.05, 3.63) is 64.7 Å². The van der Waals surface area contributed by atoms with Crippen LogP contribution in [0, 0.1) is 0 Å². The summed E-state index contributed by atoms with van der Waals surface area (Å²) in [6.45, 7) is 0.376. The highest BCUT2D eigenvalue weighted by atomic mass is 35.5. The van der Waals surface area contributed by atoms with Gasteiger partial charge in [0.15, 0.2) is 11.5 Å². The lowest BCUT2D eigenvalue weighted by molar-refractivity contribution is -0.131. The molecular weight excluding hydrogens is 304 g/mol. The van der Waals surface area contributed by atoms with E-state index >= 15 is 0 Å². The van der Waals surface area contributed by atoms with Gasteiger partial charge in [0.1, 0.15) is 6.61 Å². The molecule has 5 heteroatoms. The van der Waals surface area contributed by atoms with Crippen LogP contribution in [0.3, 0.4) is 0 Å². The number of rotatable bonds is 6. The van der Waals surface area contributed by atoms with Gasteiger partial charge in [-0.15, -0.1) is 0 Å². The van der Waals surface area contributed by atoms with Crippen LogP contribution in [-0.2, 0) is 11.4 Å². The first-order chi connectivity index (χ1) is 10.6. The number of benzene rings is 2. The van der Waals surface area contributed by atoms with Crippen LogP contribution in [0.15, 0.2) is 48.5 Å². The molecule has 0 unspecified atom stereocenters. The summed E-state index contributed by atoms with van der Waals surface area (Å²) >= 11 is 6.10. The first-order valence-corrected chi connectivity index (χ1v) is 6.93. The first kappa shape index (κ1) is 15.9. The minimum atomic E-state index is -1.04. The molecule has 0 aromatic heterocycles. The Morgan fingerprint density at radius 2 is 1.95 bits per heavy atom. The van der Waals surface area contributed by atoms with Crippen molar-refractivity contribution in [2.24, 2.45) is 0 Å². The Labute approximate surface area is 133 Å². The van der Waals surface area contributed by atoms with Gasteiger partial charge in [-0.05, 0) is 23.3 Å². The summed E-state index contributed by atoms with van der Waals surface area (Å²) in [6, 6.07) is 13.0. The highest BCUT2D eigenvalue weighted by molar-refractivity contribution is 6.32. The van der Waals surface area contributed by atoms with Crippen LogP contribution >= 0.6 is 11.6 Å². The molecule has 0 fully saturated rings. The number of methoxy groups -OCH3 is 1. The van der Waals surface area contributed by atoms with Crippen molar-refractivity contribution in [3.63, 3.8) is 0 Å². The van der Waals surface area contributed by atoms with Crippen LogP contribution in [-0.4, -0.2) is 18.2 Å². The fourth-order valence-corrected chi connectivity index (χ4v) is 2.06. The zero-order valence-corrected chi connectivity index (χ0v) is 12.7. The van der Waals surface area contributed by atoms with Crippen molar-refractivity contribution in [1.29, 1.82) is 0 Å². The van der Waals surface area contributed by atoms with E-state index in [1.54, 1.807) is 12.1 Å². The lowest BCUT2D eigenvalue weighted by Crippen LogP contribution is -1.98. The minimum absolute atomic E-state index is 0.376. The molecule has 0 aliphatic carbocycles. The van der Waals surface area contributed by atoms with E-state index in [1.165, 1.54) is 13.2 Å². The van der Waals surface area contributed by atoms with Gasteiger partial charge >= 0.3 is 5.97 Å². The minimum Gasteiger partial charge on any atom is -0.493 e. The van der Waals surface area contributed by atoms with Gasteiger partial charge in [0.05, 0.1) is 12.1 Å². The van der Waals surface area contributed by atoms with Crippen molar-refractivity contribution in [2.75, 3.05) is 7.11 Å². The zero-order chi connectivity index (χ0) is 15.9. The Kier molecular flexibility index (Phi) is 5.44. The molecule has 0 saturated carbocycles. The van der Waals surface area contributed by atoms with Crippen molar-refractivity contribution < 1.29 is 19.4 Å². The molecule has 0 amide bonds. The predicted octanol–water partition coefficient (Wildman–Crippen LogP) is 4.03. The number of carboxylic acids is 1. The Morgan fingerprint density at radius 1 is 1.23 bits per heavy atom. The summed E-state index contributed by atoms with van der Waals surface area (Å²) in [7, 11) is 1.52. The number of halogens is 1. The molecule has 0 radical (unpaired) electrons. The molecule has 22 heavy (non-hydrogen) atoms. The Morgan fingerprint density at radius 3 is 2.59 bits per heavy atom. The Balaban J connectivity index is 2.24. The number of hydrogen-bond donors (Lipinski definition) is 1. The average molecular weight is 319 g/mol. The van der Waals surface area contributed by atoms with Gasteiger partial charge < -0.3 is 14.6 Å². The smallest absolute Gasteiger partial charge is 0.328 e. The third-order valence-electron chi connectivity index (χ3n) is 2.93. The second-order valence-corrected chi connectivity index (χ2v) is 4.88. The van der Waals surface area contributed by atoms with Crippen molar-refractivity contribution in [2.45, 2.75) is 6.61 Å². The molecule has 114 valence electrons. The molecule has 4 nitrogen and oxygen atoms in total. The lowest BCUT2D eigenvalue weighted by Gasteiger charge is -2.12. The quantitative estimate of drug-likeness (QED) is 0.817. The van der Waals surface area contributed by atoms with E-state index in [2.05, 4.69) is 0 Å². The molecule has 0 saturated heterocycles. The zero-order valence-electron chi connectivity index (χ0n) is 12.0. The van der Waals surface area contributed by atoms with Crippen LogP contribution in [0.4, 0.5) is 0 Å². The van der Waals surface area contributed by atoms with E-state index in [0.717, 1.165) is 11.6 Å². The highest BCUT2D eigenvalue weighted by Gasteiger charge is 2.10. The number of hydrogen-bond acceptors (Lipinski definition) is 3. The number of carboxylic acid groups (broad SMARTS) is 1. The van der Waals surface area contributed by atoms with Crippen LogP contribution in [0.5, 0.6) is 11.5 Å². The van der Waals surface area contributed by atoms with Crippen molar-refractivity contribution in [3.8, 4) is 11.5 Å². The maximum atomic E-state index is 10.6. The molecule has 2 aromatic carbocycles. The Bertz CT molecular complexity index is 681. The van der Waals surface area contributed by atoms with Crippen LogP contribution in [0.1, 0.15) is 11.1 Å². The SMILES string of the molecule is COc1cc(Cl)c(C=CC(=O)O)cc1OCc1ccccc1. The number of ether oxygens (including phenoxy) is 2. The normalized spacial score (nSPS) is 10.6. The Hall–Kier alpha value is -2.46. The summed E-state index contributed by atoms with van der Waals surface area (Å²) < 4.78 is 11.0. The maximum Gasteiger partial charge on any atom is 0.328 e. The largest absolute Gasteiger partial charge is 0.493 e. The van der Waals surface area contributed by atoms with E-state index < -0.39 is 5.97 Å². The van der Waals surface area contributed by atoms with Crippen LogP contribution in [0.25, 0.3) is 6.08 Å². The summed E-state index contributed by atoms with van der Waals surface area (Å²) in [5.74, 6) is -0.0483. The second kappa shape index (κ2) is 7.52. The molecule has 0 spiro atoms. The van der Waals surface area contributed by atoms with Gasteiger partial charge in [-0.2, -0.15) is 0 Å². The molecule has 0 bridgehead atoms. The summed E-state index contributed by atoms with van der Waals surface area (Å²) in [5.41, 5.74) is 1.56. The molecule has 0 aliphatic rings. The number of aliphatic carboxylic acids is 1. The summed E-state index contributed by atoms with van der Waals surface area (Å²) in [6.07, 6.45) is 2.44. The number of carbonyl (C=O) groups is 1. The van der Waals surface area contributed by atoms with E-state index in [0.29, 0.717) is 28.7 Å². The molecule has 1 N–H and O–H groups in total. The fourth-order valence-electron chi connectivity index (χ4n) is 1.85. The van der Waals surface area contributed by atoms with E-state index in [-0.39, 0.29) is 0 Å². The van der Waals surface area contributed by atoms with E-state index in [4.69, 9.17) is 26.2 Å². The first-order valence-electron chi connectivity index (χ1n) is 6.55. The summed E-state index contributed by atoms with van der Waals surface area (Å²) in [4.78, 5) is 10.6. The monoisotopic (exact) mass is 318 g/mol. The molecular formula is C17H15ClO4. The fraction of sp³-hybridized carbons (Fsp3) is 0.118. The molecule has 0 aliphatic heterocycles. The van der Waals surface area contributed by atoms with E-state index in [1.807, 2.05) is 30.3 Å². The van der Waals surface area contributed by atoms with Crippen LogP contribution < -0.4 is 9.47 Å². The van der Waals surface area contributed by atoms with Gasteiger partial charge in [0.2, 0.25) is 0 Å². The molecule has 0 atom stereocenters. The third kappa shape index (κ3) is 4.27. The van der Waals surface area contributed by atoms with Crippen molar-refractivity contribution in [1.82, 2.24) is 0 Å². The van der Waals surface area contributed by atoms with Gasteiger partial charge in [0, 0.05) is 12.1 Å².